The average molecular weight is 170 g/mol. The molecular weight excluding hydrogens is 146 g/mol. The second kappa shape index (κ2) is 4.27. The first-order valence-corrected chi connectivity index (χ1v) is 5.50. The van der Waals surface area contributed by atoms with E-state index >= 15 is 0 Å². The molecule has 72 valence electrons. The summed E-state index contributed by atoms with van der Waals surface area (Å²) in [5, 5.41) is 0. The Balaban J connectivity index is 2.35. The van der Waals surface area contributed by atoms with E-state index in [2.05, 4.69) is 20.9 Å². The molecule has 1 aliphatic heterocycles. The third kappa shape index (κ3) is 2.78. The maximum absolute atomic E-state index is 2.44. The van der Waals surface area contributed by atoms with Gasteiger partial charge in [0.2, 0.25) is 0 Å². The summed E-state index contributed by atoms with van der Waals surface area (Å²) in [5.74, 6) is 0.959. The quantitative estimate of drug-likeness (QED) is 0.571. The SMILES string of the molecule is CCCC[N@@+]1(C)CCC[C@H](C)C1. The zero-order chi connectivity index (χ0) is 9.03. The van der Waals surface area contributed by atoms with Gasteiger partial charge in [0.1, 0.15) is 0 Å². The van der Waals surface area contributed by atoms with Crippen molar-refractivity contribution >= 4 is 0 Å². The number of unbranched alkanes of at least 4 members (excludes halogenated alkanes) is 1. The Bertz CT molecular complexity index is 133. The number of hydrogen-bond donors (Lipinski definition) is 0. The Morgan fingerprint density at radius 2 is 2.17 bits per heavy atom. The van der Waals surface area contributed by atoms with Gasteiger partial charge < -0.3 is 4.48 Å². The zero-order valence-corrected chi connectivity index (χ0v) is 8.97. The number of likely N-dealkylation sites (tertiary alicyclic amines) is 1. The Kier molecular flexibility index (Phi) is 3.57. The summed E-state index contributed by atoms with van der Waals surface area (Å²) in [4.78, 5) is 0. The third-order valence-corrected chi connectivity index (χ3v) is 3.20. The van der Waals surface area contributed by atoms with Crippen molar-refractivity contribution in [2.45, 2.75) is 39.5 Å². The van der Waals surface area contributed by atoms with Gasteiger partial charge in [-0.2, -0.15) is 0 Å². The van der Waals surface area contributed by atoms with E-state index in [9.17, 15) is 0 Å². The van der Waals surface area contributed by atoms with Crippen LogP contribution in [-0.2, 0) is 0 Å². The molecule has 0 aromatic heterocycles. The molecule has 0 N–H and O–H groups in total. The van der Waals surface area contributed by atoms with E-state index < -0.39 is 0 Å². The van der Waals surface area contributed by atoms with Gasteiger partial charge in [0.05, 0.1) is 26.7 Å². The van der Waals surface area contributed by atoms with E-state index in [0.717, 1.165) is 5.92 Å². The standard InChI is InChI=1S/C11H24N/c1-4-5-8-12(3)9-6-7-11(2)10-12/h11H,4-10H2,1-3H3/q+1/t11-,12-/m0/s1. The number of nitrogens with zero attached hydrogens (tertiary/aromatic N) is 1. The van der Waals surface area contributed by atoms with Gasteiger partial charge in [-0.25, -0.2) is 0 Å². The number of quaternary nitrogens is 1. The molecule has 1 heteroatoms. The van der Waals surface area contributed by atoms with Gasteiger partial charge >= 0.3 is 0 Å². The van der Waals surface area contributed by atoms with E-state index in [1.54, 1.807) is 0 Å². The fourth-order valence-corrected chi connectivity index (χ4v) is 2.50. The fourth-order valence-electron chi connectivity index (χ4n) is 2.50. The van der Waals surface area contributed by atoms with Crippen LogP contribution in [0.2, 0.25) is 0 Å². The predicted molar refractivity (Wildman–Crippen MR) is 54.1 cm³/mol. The van der Waals surface area contributed by atoms with Crippen LogP contribution in [0.15, 0.2) is 0 Å². The Morgan fingerprint density at radius 3 is 2.75 bits per heavy atom. The van der Waals surface area contributed by atoms with Crippen LogP contribution in [0, 0.1) is 5.92 Å². The van der Waals surface area contributed by atoms with Crippen LogP contribution in [0.3, 0.4) is 0 Å². The van der Waals surface area contributed by atoms with Crippen molar-refractivity contribution < 1.29 is 4.48 Å². The van der Waals surface area contributed by atoms with Crippen molar-refractivity contribution in [3.05, 3.63) is 0 Å². The number of rotatable bonds is 3. The molecule has 0 radical (unpaired) electrons. The van der Waals surface area contributed by atoms with Crippen LogP contribution in [0.25, 0.3) is 0 Å². The molecular formula is C11H24N+. The van der Waals surface area contributed by atoms with Crippen LogP contribution in [0.5, 0.6) is 0 Å². The summed E-state index contributed by atoms with van der Waals surface area (Å²) in [7, 11) is 2.44. The summed E-state index contributed by atoms with van der Waals surface area (Å²) >= 11 is 0. The van der Waals surface area contributed by atoms with Gasteiger partial charge in [0.15, 0.2) is 0 Å². The smallest absolute Gasteiger partial charge is 0.0810 e. The summed E-state index contributed by atoms with van der Waals surface area (Å²) in [6, 6.07) is 0. The van der Waals surface area contributed by atoms with Crippen LogP contribution >= 0.6 is 0 Å². The van der Waals surface area contributed by atoms with E-state index in [0.29, 0.717) is 0 Å². The molecule has 0 bridgehead atoms. The Morgan fingerprint density at radius 1 is 1.42 bits per heavy atom. The predicted octanol–water partition coefficient (Wildman–Crippen LogP) is 2.66. The molecule has 12 heavy (non-hydrogen) atoms. The highest BCUT2D eigenvalue weighted by Gasteiger charge is 2.27. The second-order valence-electron chi connectivity index (χ2n) is 4.85. The Labute approximate surface area is 77.4 Å². The van der Waals surface area contributed by atoms with E-state index in [-0.39, 0.29) is 0 Å². The van der Waals surface area contributed by atoms with Crippen molar-refractivity contribution in [2.75, 3.05) is 26.7 Å². The van der Waals surface area contributed by atoms with Gasteiger partial charge in [-0.15, -0.1) is 0 Å². The molecule has 0 amide bonds. The third-order valence-electron chi connectivity index (χ3n) is 3.20. The molecule has 0 aromatic rings. The highest BCUT2D eigenvalue weighted by molar-refractivity contribution is 4.59. The Hall–Kier alpha value is -0.0400. The fraction of sp³-hybridized carbons (Fsp3) is 1.00. The molecule has 1 heterocycles. The summed E-state index contributed by atoms with van der Waals surface area (Å²) in [6.45, 7) is 8.94. The summed E-state index contributed by atoms with van der Waals surface area (Å²) < 4.78 is 1.34. The lowest BCUT2D eigenvalue weighted by Crippen LogP contribution is -2.50. The van der Waals surface area contributed by atoms with Crippen molar-refractivity contribution in [3.8, 4) is 0 Å². The molecule has 0 aromatic carbocycles. The first kappa shape index (κ1) is 10.0. The highest BCUT2D eigenvalue weighted by Crippen LogP contribution is 2.21. The van der Waals surface area contributed by atoms with Gasteiger partial charge in [-0.05, 0) is 19.3 Å². The molecule has 0 saturated carbocycles. The summed E-state index contributed by atoms with van der Waals surface area (Å²) in [6.07, 6.45) is 5.66. The van der Waals surface area contributed by atoms with E-state index in [4.69, 9.17) is 0 Å². The van der Waals surface area contributed by atoms with Crippen molar-refractivity contribution in [2.24, 2.45) is 5.92 Å². The second-order valence-corrected chi connectivity index (χ2v) is 4.85. The van der Waals surface area contributed by atoms with Crippen LogP contribution in [-0.4, -0.2) is 31.2 Å². The first-order chi connectivity index (χ1) is 5.66. The van der Waals surface area contributed by atoms with Crippen LogP contribution in [0.1, 0.15) is 39.5 Å². The van der Waals surface area contributed by atoms with Gasteiger partial charge in [0, 0.05) is 5.92 Å². The molecule has 1 aliphatic rings. The minimum Gasteiger partial charge on any atom is -0.326 e. The van der Waals surface area contributed by atoms with Gasteiger partial charge in [-0.3, -0.25) is 0 Å². The van der Waals surface area contributed by atoms with E-state index in [1.807, 2.05) is 0 Å². The molecule has 1 saturated heterocycles. The normalized spacial score (nSPS) is 36.8. The highest BCUT2D eigenvalue weighted by atomic mass is 15.3. The van der Waals surface area contributed by atoms with Crippen molar-refractivity contribution in [1.29, 1.82) is 0 Å². The molecule has 0 unspecified atom stereocenters. The first-order valence-electron chi connectivity index (χ1n) is 5.50. The van der Waals surface area contributed by atoms with E-state index in [1.165, 1.54) is 49.8 Å². The molecule has 1 nitrogen and oxygen atoms in total. The zero-order valence-electron chi connectivity index (χ0n) is 8.97. The molecule has 2 atom stereocenters. The minimum absolute atomic E-state index is 0.959. The van der Waals surface area contributed by atoms with Gasteiger partial charge in [-0.1, -0.05) is 20.3 Å². The van der Waals surface area contributed by atoms with Crippen molar-refractivity contribution in [3.63, 3.8) is 0 Å². The van der Waals surface area contributed by atoms with Crippen molar-refractivity contribution in [1.82, 2.24) is 0 Å². The van der Waals surface area contributed by atoms with Gasteiger partial charge in [0.25, 0.3) is 0 Å². The lowest BCUT2D eigenvalue weighted by Gasteiger charge is -2.40. The number of piperidine rings is 1. The average Bonchev–Trinajstić information content (AvgIpc) is 2.01. The summed E-state index contributed by atoms with van der Waals surface area (Å²) in [5.41, 5.74) is 0. The lowest BCUT2D eigenvalue weighted by atomic mass is 9.98. The maximum atomic E-state index is 2.44. The molecule has 0 spiro atoms. The van der Waals surface area contributed by atoms with Crippen LogP contribution < -0.4 is 0 Å². The van der Waals surface area contributed by atoms with Crippen LogP contribution in [0.4, 0.5) is 0 Å². The molecule has 0 aliphatic carbocycles. The largest absolute Gasteiger partial charge is 0.326 e. The molecule has 1 fully saturated rings. The topological polar surface area (TPSA) is 0 Å². The maximum Gasteiger partial charge on any atom is 0.0810 e. The lowest BCUT2D eigenvalue weighted by molar-refractivity contribution is -0.917. The molecule has 1 rings (SSSR count). The minimum atomic E-state index is 0.959. The number of hydrogen-bond acceptors (Lipinski definition) is 0. The monoisotopic (exact) mass is 170 g/mol.